The van der Waals surface area contributed by atoms with Crippen LogP contribution in [-0.2, 0) is 18.4 Å². The molecule has 1 unspecified atom stereocenters. The third kappa shape index (κ3) is 3.02. The van der Waals surface area contributed by atoms with Crippen molar-refractivity contribution in [1.29, 1.82) is 0 Å². The fourth-order valence-electron chi connectivity index (χ4n) is 1.84. The van der Waals surface area contributed by atoms with Gasteiger partial charge in [-0.1, -0.05) is 6.07 Å². The first-order chi connectivity index (χ1) is 8.99. The van der Waals surface area contributed by atoms with Gasteiger partial charge in [0.1, 0.15) is 6.04 Å². The summed E-state index contributed by atoms with van der Waals surface area (Å²) in [6, 6.07) is 5.55. The first-order valence-electron chi connectivity index (χ1n) is 5.99. The zero-order valence-corrected chi connectivity index (χ0v) is 12.0. The van der Waals surface area contributed by atoms with Crippen molar-refractivity contribution in [2.24, 2.45) is 7.05 Å². The predicted octanol–water partition coefficient (Wildman–Crippen LogP) is 2.05. The van der Waals surface area contributed by atoms with Gasteiger partial charge in [-0.3, -0.25) is 14.4 Å². The Bertz CT molecular complexity index is 562. The summed E-state index contributed by atoms with van der Waals surface area (Å²) in [7, 11) is 3.69. The molecule has 19 heavy (non-hydrogen) atoms. The Morgan fingerprint density at radius 3 is 2.95 bits per heavy atom. The van der Waals surface area contributed by atoms with E-state index < -0.39 is 12.0 Å². The molecule has 2 heterocycles. The van der Waals surface area contributed by atoms with E-state index in [9.17, 15) is 4.79 Å². The number of carbonyl (C=O) groups is 1. The van der Waals surface area contributed by atoms with Gasteiger partial charge >= 0.3 is 5.97 Å². The average Bonchev–Trinajstić information content (AvgIpc) is 2.97. The summed E-state index contributed by atoms with van der Waals surface area (Å²) < 4.78 is 1.83. The van der Waals surface area contributed by atoms with Crippen molar-refractivity contribution < 1.29 is 9.90 Å². The molecule has 0 aromatic carbocycles. The molecule has 0 aliphatic carbocycles. The molecule has 0 bridgehead atoms. The second-order valence-corrected chi connectivity index (χ2v) is 5.50. The van der Waals surface area contributed by atoms with Gasteiger partial charge in [0, 0.05) is 13.6 Å². The molecule has 0 saturated heterocycles. The first-order valence-corrected chi connectivity index (χ1v) is 6.87. The van der Waals surface area contributed by atoms with Crippen molar-refractivity contribution in [3.63, 3.8) is 0 Å². The van der Waals surface area contributed by atoms with Gasteiger partial charge in [-0.2, -0.15) is 5.10 Å². The molecular weight excluding hydrogens is 262 g/mol. The zero-order valence-electron chi connectivity index (χ0n) is 11.2. The van der Waals surface area contributed by atoms with Gasteiger partial charge in [-0.25, -0.2) is 0 Å². The topological polar surface area (TPSA) is 58.4 Å². The molecule has 2 aromatic rings. The normalized spacial score (nSPS) is 12.8. The van der Waals surface area contributed by atoms with Crippen LogP contribution in [0.15, 0.2) is 23.6 Å². The van der Waals surface area contributed by atoms with E-state index >= 15 is 0 Å². The number of nitrogens with zero attached hydrogens (tertiary/aromatic N) is 3. The Labute approximate surface area is 116 Å². The maximum absolute atomic E-state index is 10.9. The van der Waals surface area contributed by atoms with Crippen molar-refractivity contribution in [1.82, 2.24) is 14.7 Å². The van der Waals surface area contributed by atoms with Gasteiger partial charge in [0.05, 0.1) is 16.3 Å². The highest BCUT2D eigenvalue weighted by atomic mass is 32.1. The number of aliphatic carboxylic acids is 1. The highest BCUT2D eigenvalue weighted by Gasteiger charge is 2.18. The van der Waals surface area contributed by atoms with Crippen molar-refractivity contribution in [3.05, 3.63) is 29.3 Å². The van der Waals surface area contributed by atoms with Crippen LogP contribution in [0.2, 0.25) is 0 Å². The highest BCUT2D eigenvalue weighted by molar-refractivity contribution is 7.13. The molecule has 2 aromatic heterocycles. The molecule has 0 aliphatic heterocycles. The van der Waals surface area contributed by atoms with Crippen molar-refractivity contribution in [2.75, 3.05) is 7.05 Å². The SMILES string of the molecule is CC(C(=O)O)N(C)Cc1cc(-c2cccs2)n(C)n1. The Hall–Kier alpha value is -1.66. The van der Waals surface area contributed by atoms with Crippen molar-refractivity contribution >= 4 is 17.3 Å². The molecule has 0 aliphatic rings. The number of carboxylic acids is 1. The van der Waals surface area contributed by atoms with E-state index in [1.54, 1.807) is 30.2 Å². The number of carboxylic acid groups (broad SMARTS) is 1. The predicted molar refractivity (Wildman–Crippen MR) is 75.1 cm³/mol. The number of likely N-dealkylation sites (N-methyl/N-ethyl adjacent to an activating group) is 1. The summed E-state index contributed by atoms with van der Waals surface area (Å²) in [4.78, 5) is 13.9. The van der Waals surface area contributed by atoms with Gasteiger partial charge in [0.15, 0.2) is 0 Å². The third-order valence-corrected chi connectivity index (χ3v) is 4.03. The van der Waals surface area contributed by atoms with Gasteiger partial charge in [-0.05, 0) is 31.5 Å². The van der Waals surface area contributed by atoms with E-state index in [-0.39, 0.29) is 0 Å². The lowest BCUT2D eigenvalue weighted by Gasteiger charge is -2.19. The number of thiophene rings is 1. The summed E-state index contributed by atoms with van der Waals surface area (Å²) in [6.45, 7) is 2.19. The Morgan fingerprint density at radius 2 is 2.37 bits per heavy atom. The second kappa shape index (κ2) is 5.54. The molecule has 102 valence electrons. The van der Waals surface area contributed by atoms with E-state index in [4.69, 9.17) is 5.11 Å². The smallest absolute Gasteiger partial charge is 0.320 e. The van der Waals surface area contributed by atoms with Crippen LogP contribution in [0.3, 0.4) is 0 Å². The molecule has 0 saturated carbocycles. The molecule has 1 atom stereocenters. The number of aromatic nitrogens is 2. The van der Waals surface area contributed by atoms with Crippen LogP contribution in [0.25, 0.3) is 10.6 Å². The van der Waals surface area contributed by atoms with E-state index in [1.807, 2.05) is 29.2 Å². The maximum Gasteiger partial charge on any atom is 0.320 e. The summed E-state index contributed by atoms with van der Waals surface area (Å²) in [5, 5.41) is 15.4. The first kappa shape index (κ1) is 13.8. The molecular formula is C13H17N3O2S. The summed E-state index contributed by atoms with van der Waals surface area (Å²) >= 11 is 1.67. The summed E-state index contributed by atoms with van der Waals surface area (Å²) in [5.74, 6) is -0.822. The molecule has 0 spiro atoms. The van der Waals surface area contributed by atoms with Crippen LogP contribution in [0.1, 0.15) is 12.6 Å². The van der Waals surface area contributed by atoms with Crippen LogP contribution in [-0.4, -0.2) is 38.8 Å². The zero-order chi connectivity index (χ0) is 14.0. The molecule has 0 fully saturated rings. The van der Waals surface area contributed by atoms with Crippen molar-refractivity contribution in [2.45, 2.75) is 19.5 Å². The fraction of sp³-hybridized carbons (Fsp3) is 0.385. The minimum Gasteiger partial charge on any atom is -0.480 e. The Morgan fingerprint density at radius 1 is 1.63 bits per heavy atom. The standard InChI is InChI=1S/C13H17N3O2S/c1-9(13(17)18)15(2)8-10-7-11(16(3)14-10)12-5-4-6-19-12/h4-7,9H,8H2,1-3H3,(H,17,18). The lowest BCUT2D eigenvalue weighted by Crippen LogP contribution is -2.35. The molecule has 5 nitrogen and oxygen atoms in total. The van der Waals surface area contributed by atoms with Gasteiger partial charge in [0.2, 0.25) is 0 Å². The Kier molecular flexibility index (Phi) is 4.01. The van der Waals surface area contributed by atoms with Gasteiger partial charge in [-0.15, -0.1) is 11.3 Å². The monoisotopic (exact) mass is 279 g/mol. The van der Waals surface area contributed by atoms with Crippen LogP contribution in [0.4, 0.5) is 0 Å². The van der Waals surface area contributed by atoms with Crippen molar-refractivity contribution in [3.8, 4) is 10.6 Å². The number of rotatable bonds is 5. The third-order valence-electron chi connectivity index (χ3n) is 3.13. The molecule has 1 N–H and O–H groups in total. The van der Waals surface area contributed by atoms with E-state index in [0.717, 1.165) is 16.3 Å². The lowest BCUT2D eigenvalue weighted by molar-refractivity contribution is -0.142. The van der Waals surface area contributed by atoms with Crippen LogP contribution >= 0.6 is 11.3 Å². The average molecular weight is 279 g/mol. The quantitative estimate of drug-likeness (QED) is 0.910. The summed E-state index contributed by atoms with van der Waals surface area (Å²) in [6.07, 6.45) is 0. The van der Waals surface area contributed by atoms with E-state index in [1.165, 1.54) is 0 Å². The molecule has 6 heteroatoms. The molecule has 0 radical (unpaired) electrons. The highest BCUT2D eigenvalue weighted by Crippen LogP contribution is 2.25. The van der Waals surface area contributed by atoms with Gasteiger partial charge in [0.25, 0.3) is 0 Å². The maximum atomic E-state index is 10.9. The summed E-state index contributed by atoms with van der Waals surface area (Å²) in [5.41, 5.74) is 1.93. The lowest BCUT2D eigenvalue weighted by atomic mass is 10.2. The number of hydrogen-bond donors (Lipinski definition) is 1. The van der Waals surface area contributed by atoms with Crippen LogP contribution in [0.5, 0.6) is 0 Å². The largest absolute Gasteiger partial charge is 0.480 e. The van der Waals surface area contributed by atoms with Crippen LogP contribution in [0, 0.1) is 0 Å². The minimum atomic E-state index is -0.822. The van der Waals surface area contributed by atoms with Crippen LogP contribution < -0.4 is 0 Å². The number of hydrogen-bond acceptors (Lipinski definition) is 4. The molecule has 2 rings (SSSR count). The number of aryl methyl sites for hydroxylation is 1. The molecule has 0 amide bonds. The van der Waals surface area contributed by atoms with E-state index in [2.05, 4.69) is 11.2 Å². The second-order valence-electron chi connectivity index (χ2n) is 4.55. The minimum absolute atomic E-state index is 0.521. The Balaban J connectivity index is 2.15. The van der Waals surface area contributed by atoms with E-state index in [0.29, 0.717) is 6.54 Å². The fourth-order valence-corrected chi connectivity index (χ4v) is 2.61. The van der Waals surface area contributed by atoms with Gasteiger partial charge < -0.3 is 5.11 Å².